The average Bonchev–Trinajstić information content (AvgIpc) is 3.58. The number of methoxy groups -OCH3 is 1. The molecule has 0 saturated carbocycles. The molecule has 0 aromatic carbocycles. The van der Waals surface area contributed by atoms with Crippen molar-refractivity contribution < 1.29 is 24.2 Å². The maximum absolute atomic E-state index is 13.1. The molecule has 33 heavy (non-hydrogen) atoms. The van der Waals surface area contributed by atoms with Gasteiger partial charge in [-0.2, -0.15) is 0 Å². The fourth-order valence-electron chi connectivity index (χ4n) is 4.24. The van der Waals surface area contributed by atoms with Gasteiger partial charge in [0.15, 0.2) is 0 Å². The first-order valence-corrected chi connectivity index (χ1v) is 11.3. The van der Waals surface area contributed by atoms with Crippen molar-refractivity contribution in [1.82, 2.24) is 19.4 Å². The van der Waals surface area contributed by atoms with Crippen LogP contribution in [0.1, 0.15) is 44.6 Å². The standard InChI is InChI=1S/C23H24N4O5S/c1-13-16(14(2)25-18(13)23(31)32-3)20(28)17-19(15-6-4-11-33-15)27(22(30)21(17)29)9-5-8-26-10-7-24-12-26/h4,6-7,10-12,19,25,28H,5,8-9H2,1-3H3/b20-17+/t19-/m0/s1. The van der Waals surface area contributed by atoms with E-state index in [1.165, 1.54) is 23.3 Å². The maximum Gasteiger partial charge on any atom is 0.354 e. The summed E-state index contributed by atoms with van der Waals surface area (Å²) in [5, 5.41) is 13.2. The summed E-state index contributed by atoms with van der Waals surface area (Å²) in [4.78, 5) is 47.5. The molecular weight excluding hydrogens is 444 g/mol. The number of likely N-dealkylation sites (tertiary alicyclic amines) is 1. The van der Waals surface area contributed by atoms with E-state index in [-0.39, 0.29) is 17.0 Å². The summed E-state index contributed by atoms with van der Waals surface area (Å²) in [6.07, 6.45) is 5.82. The van der Waals surface area contributed by atoms with E-state index >= 15 is 0 Å². The van der Waals surface area contributed by atoms with Crippen LogP contribution < -0.4 is 0 Å². The van der Waals surface area contributed by atoms with Crippen LogP contribution in [0.2, 0.25) is 0 Å². The van der Waals surface area contributed by atoms with Crippen LogP contribution in [-0.4, -0.2) is 55.9 Å². The van der Waals surface area contributed by atoms with Crippen LogP contribution in [0.3, 0.4) is 0 Å². The first-order valence-electron chi connectivity index (χ1n) is 10.4. The third-order valence-corrected chi connectivity index (χ3v) is 6.72. The van der Waals surface area contributed by atoms with Crippen LogP contribution in [-0.2, 0) is 20.9 Å². The number of Topliss-reactive ketones (excluding diaryl/α,β-unsaturated/α-hetero) is 1. The van der Waals surface area contributed by atoms with E-state index in [4.69, 9.17) is 4.74 Å². The number of imidazole rings is 1. The molecule has 1 amide bonds. The Labute approximate surface area is 194 Å². The van der Waals surface area contributed by atoms with Crippen LogP contribution in [0.4, 0.5) is 0 Å². The SMILES string of the molecule is COC(=O)c1[nH]c(C)c(/C(O)=C2\C(=O)C(=O)N(CCCn3ccnc3)[C@H]2c2cccs2)c1C. The van der Waals surface area contributed by atoms with Crippen LogP contribution in [0, 0.1) is 13.8 Å². The van der Waals surface area contributed by atoms with E-state index in [0.717, 1.165) is 4.88 Å². The van der Waals surface area contributed by atoms with Crippen molar-refractivity contribution in [1.29, 1.82) is 0 Å². The summed E-state index contributed by atoms with van der Waals surface area (Å²) in [7, 11) is 1.27. The molecule has 1 atom stereocenters. The minimum absolute atomic E-state index is 0.0201. The molecule has 2 N–H and O–H groups in total. The molecule has 4 rings (SSSR count). The van der Waals surface area contributed by atoms with Gasteiger partial charge in [-0.15, -0.1) is 11.3 Å². The molecule has 0 radical (unpaired) electrons. The lowest BCUT2D eigenvalue weighted by atomic mass is 9.97. The minimum Gasteiger partial charge on any atom is -0.507 e. The zero-order valence-electron chi connectivity index (χ0n) is 18.5. The number of carbonyl (C=O) groups excluding carboxylic acids is 3. The van der Waals surface area contributed by atoms with E-state index in [9.17, 15) is 19.5 Å². The lowest BCUT2D eigenvalue weighted by molar-refractivity contribution is -0.139. The highest BCUT2D eigenvalue weighted by Crippen LogP contribution is 2.42. The normalized spacial score (nSPS) is 17.7. The number of aromatic nitrogens is 3. The van der Waals surface area contributed by atoms with Crippen molar-refractivity contribution >= 4 is 34.8 Å². The Kier molecular flexibility index (Phi) is 6.19. The van der Waals surface area contributed by atoms with Crippen LogP contribution in [0.25, 0.3) is 5.76 Å². The van der Waals surface area contributed by atoms with Crippen LogP contribution >= 0.6 is 11.3 Å². The van der Waals surface area contributed by atoms with E-state index in [0.29, 0.717) is 36.3 Å². The van der Waals surface area contributed by atoms with Gasteiger partial charge in [-0.25, -0.2) is 9.78 Å². The van der Waals surface area contributed by atoms with Gasteiger partial charge < -0.3 is 24.3 Å². The molecule has 3 aromatic rings. The molecule has 0 bridgehead atoms. The Morgan fingerprint density at radius 2 is 2.09 bits per heavy atom. The molecule has 0 aliphatic carbocycles. The van der Waals surface area contributed by atoms with Gasteiger partial charge in [0.2, 0.25) is 0 Å². The van der Waals surface area contributed by atoms with E-state index in [2.05, 4.69) is 9.97 Å². The second kappa shape index (κ2) is 9.07. The number of thiophene rings is 1. The average molecular weight is 469 g/mol. The third-order valence-electron chi connectivity index (χ3n) is 5.79. The lowest BCUT2D eigenvalue weighted by Gasteiger charge is -2.24. The first kappa shape index (κ1) is 22.5. The zero-order chi connectivity index (χ0) is 23.7. The Morgan fingerprint density at radius 1 is 1.30 bits per heavy atom. The van der Waals surface area contributed by atoms with Gasteiger partial charge in [-0.3, -0.25) is 9.59 Å². The van der Waals surface area contributed by atoms with Crippen molar-refractivity contribution in [3.8, 4) is 0 Å². The fourth-order valence-corrected chi connectivity index (χ4v) is 5.09. The fraction of sp³-hybridized carbons (Fsp3) is 0.304. The largest absolute Gasteiger partial charge is 0.507 e. The van der Waals surface area contributed by atoms with Gasteiger partial charge in [0, 0.05) is 41.6 Å². The van der Waals surface area contributed by atoms with Gasteiger partial charge in [0.25, 0.3) is 11.7 Å². The first-order chi connectivity index (χ1) is 15.8. The number of aromatic amines is 1. The maximum atomic E-state index is 13.1. The second-order valence-corrected chi connectivity index (χ2v) is 8.76. The molecule has 1 saturated heterocycles. The van der Waals surface area contributed by atoms with Gasteiger partial charge in [-0.1, -0.05) is 6.07 Å². The van der Waals surface area contributed by atoms with Crippen LogP contribution in [0.5, 0.6) is 0 Å². The van der Waals surface area contributed by atoms with Gasteiger partial charge in [0.05, 0.1) is 25.1 Å². The highest BCUT2D eigenvalue weighted by molar-refractivity contribution is 7.10. The Bertz CT molecular complexity index is 1220. The summed E-state index contributed by atoms with van der Waals surface area (Å²) in [5.74, 6) is -2.28. The molecule has 4 heterocycles. The van der Waals surface area contributed by atoms with Gasteiger partial charge in [0.1, 0.15) is 11.5 Å². The number of carbonyl (C=O) groups is 3. The number of nitrogens with zero attached hydrogens (tertiary/aromatic N) is 3. The number of hydrogen-bond acceptors (Lipinski definition) is 7. The Hall–Kier alpha value is -3.66. The highest BCUT2D eigenvalue weighted by Gasteiger charge is 2.46. The number of rotatable bonds is 7. The quantitative estimate of drug-likeness (QED) is 0.238. The van der Waals surface area contributed by atoms with Crippen molar-refractivity contribution in [3.05, 3.63) is 69.2 Å². The number of aryl methyl sites for hydroxylation is 2. The number of H-pyrrole nitrogens is 1. The van der Waals surface area contributed by atoms with Crippen molar-refractivity contribution in [2.75, 3.05) is 13.7 Å². The number of amides is 1. The molecule has 10 heteroatoms. The molecule has 9 nitrogen and oxygen atoms in total. The zero-order valence-corrected chi connectivity index (χ0v) is 19.3. The number of hydrogen-bond donors (Lipinski definition) is 2. The molecule has 1 aliphatic heterocycles. The Morgan fingerprint density at radius 3 is 2.73 bits per heavy atom. The monoisotopic (exact) mass is 468 g/mol. The molecule has 0 spiro atoms. The van der Waals surface area contributed by atoms with Crippen molar-refractivity contribution in [2.24, 2.45) is 0 Å². The summed E-state index contributed by atoms with van der Waals surface area (Å²) in [6.45, 7) is 4.32. The topological polar surface area (TPSA) is 118 Å². The summed E-state index contributed by atoms with van der Waals surface area (Å²) < 4.78 is 6.70. The van der Waals surface area contributed by atoms with Crippen molar-refractivity contribution in [3.63, 3.8) is 0 Å². The Balaban J connectivity index is 1.75. The molecule has 1 aliphatic rings. The highest BCUT2D eigenvalue weighted by atomic mass is 32.1. The van der Waals surface area contributed by atoms with Crippen molar-refractivity contribution in [2.45, 2.75) is 32.9 Å². The minimum atomic E-state index is -0.742. The van der Waals surface area contributed by atoms with E-state index < -0.39 is 23.7 Å². The molecule has 1 fully saturated rings. The summed E-state index contributed by atoms with van der Waals surface area (Å²) >= 11 is 1.41. The number of ether oxygens (including phenoxy) is 1. The third kappa shape index (κ3) is 3.97. The van der Waals surface area contributed by atoms with Gasteiger partial charge in [-0.05, 0) is 37.3 Å². The van der Waals surface area contributed by atoms with E-state index in [1.54, 1.807) is 26.4 Å². The second-order valence-electron chi connectivity index (χ2n) is 7.78. The predicted octanol–water partition coefficient (Wildman–Crippen LogP) is 3.19. The van der Waals surface area contributed by atoms with Gasteiger partial charge >= 0.3 is 5.97 Å². The predicted molar refractivity (Wildman–Crippen MR) is 122 cm³/mol. The molecular formula is C23H24N4O5S. The van der Waals surface area contributed by atoms with E-state index in [1.807, 2.05) is 28.3 Å². The summed E-state index contributed by atoms with van der Waals surface area (Å²) in [5.41, 5.74) is 1.49. The smallest absolute Gasteiger partial charge is 0.354 e. The number of aliphatic hydroxyl groups is 1. The number of nitrogens with one attached hydrogen (secondary N) is 1. The molecule has 172 valence electrons. The number of ketones is 1. The van der Waals surface area contributed by atoms with Crippen LogP contribution in [0.15, 0.2) is 41.8 Å². The lowest BCUT2D eigenvalue weighted by Crippen LogP contribution is -2.31. The number of esters is 1. The number of aliphatic hydroxyl groups excluding tert-OH is 1. The summed E-state index contributed by atoms with van der Waals surface area (Å²) in [6, 6.07) is 2.98. The molecule has 0 unspecified atom stereocenters. The molecule has 3 aromatic heterocycles.